The summed E-state index contributed by atoms with van der Waals surface area (Å²) in [4.78, 5) is 20.2. The third-order valence-corrected chi connectivity index (χ3v) is 4.61. The van der Waals surface area contributed by atoms with Crippen molar-refractivity contribution in [3.63, 3.8) is 0 Å². The summed E-state index contributed by atoms with van der Waals surface area (Å²) < 4.78 is 0. The number of nitriles is 1. The number of anilines is 1. The van der Waals surface area contributed by atoms with E-state index in [2.05, 4.69) is 11.1 Å². The Morgan fingerprint density at radius 1 is 1.41 bits per heavy atom. The summed E-state index contributed by atoms with van der Waals surface area (Å²) in [5, 5.41) is 16.4. The van der Waals surface area contributed by atoms with Crippen LogP contribution in [0, 0.1) is 16.7 Å². The number of nitrogens with zero attached hydrogens (tertiary/aromatic N) is 4. The first-order chi connectivity index (χ1) is 13.0. The summed E-state index contributed by atoms with van der Waals surface area (Å²) in [5.74, 6) is 0. The molecule has 0 aliphatic rings. The smallest absolute Gasteiger partial charge is 0.160 e. The predicted octanol–water partition coefficient (Wildman–Crippen LogP) is 4.46. The van der Waals surface area contributed by atoms with Crippen molar-refractivity contribution in [2.75, 3.05) is 26.0 Å². The minimum atomic E-state index is 0.543. The Labute approximate surface area is 164 Å². The van der Waals surface area contributed by atoms with Crippen molar-refractivity contribution < 1.29 is 4.79 Å². The Balaban J connectivity index is 0.000000271. The third-order valence-electron chi connectivity index (χ3n) is 3.64. The van der Waals surface area contributed by atoms with Crippen molar-refractivity contribution in [3.8, 4) is 6.07 Å². The maximum Gasteiger partial charge on any atom is 0.160 e. The molecule has 1 N–H and O–H groups in total. The highest BCUT2D eigenvalue weighted by atomic mass is 32.1. The van der Waals surface area contributed by atoms with Crippen LogP contribution in [0.2, 0.25) is 0 Å². The van der Waals surface area contributed by atoms with E-state index >= 15 is 0 Å². The van der Waals surface area contributed by atoms with Gasteiger partial charge in [-0.15, -0.1) is 11.3 Å². The number of fused-ring (bicyclic) bond motifs is 1. The molecule has 0 aliphatic heterocycles. The van der Waals surface area contributed by atoms with Gasteiger partial charge >= 0.3 is 0 Å². The average Bonchev–Trinajstić information content (AvgIpc) is 3.11. The van der Waals surface area contributed by atoms with Gasteiger partial charge in [-0.25, -0.2) is 4.98 Å². The second kappa shape index (κ2) is 11.6. The number of hydrogen-bond acceptors (Lipinski definition) is 6. The van der Waals surface area contributed by atoms with Crippen molar-refractivity contribution in [1.82, 2.24) is 9.88 Å². The number of unbranched alkanes of at least 4 members (excludes halogenated alkanes) is 1. The first-order valence-electron chi connectivity index (χ1n) is 8.42. The molecule has 27 heavy (non-hydrogen) atoms. The second-order valence-corrected chi connectivity index (χ2v) is 6.82. The zero-order valence-electron chi connectivity index (χ0n) is 16.1. The first kappa shape index (κ1) is 22.1. The molecule has 0 amide bonds. The third kappa shape index (κ3) is 6.68. The maximum absolute atomic E-state index is 10.6. The van der Waals surface area contributed by atoms with E-state index in [-0.39, 0.29) is 0 Å². The number of nitrogens with one attached hydrogen (secondary N) is 1. The lowest BCUT2D eigenvalue weighted by molar-refractivity contribution is 0.112. The average molecular weight is 384 g/mol. The number of carbonyl (C=O) groups excluding carboxylic acids is 1. The monoisotopic (exact) mass is 383 g/mol. The highest BCUT2D eigenvalue weighted by molar-refractivity contribution is 7.20. The first-order valence-corrected chi connectivity index (χ1v) is 9.24. The Kier molecular flexibility index (Phi) is 9.48. The molecular weight excluding hydrogens is 358 g/mol. The van der Waals surface area contributed by atoms with Crippen LogP contribution < -0.4 is 4.90 Å². The standard InChI is InChI=1S/C10H15N3.C10H10N2OS/c1-3-10(13(2)9-12)7-5-4-6-8-11;1-12(2)9-3-4-11-10-8(9)5-7(6-13)14-10/h3,5,7,9,12H,4,6H2,1-2H3;3-6H,1-2H3/b7-5-,10-3+,12-9?;. The summed E-state index contributed by atoms with van der Waals surface area (Å²) in [6.07, 6.45) is 11.0. The van der Waals surface area contributed by atoms with Gasteiger partial charge in [0, 0.05) is 50.5 Å². The van der Waals surface area contributed by atoms with E-state index in [1.54, 1.807) is 11.1 Å². The van der Waals surface area contributed by atoms with E-state index in [1.807, 2.05) is 63.3 Å². The molecule has 2 aromatic rings. The number of rotatable bonds is 7. The molecular formula is C20H25N5OS. The zero-order valence-corrected chi connectivity index (χ0v) is 17.0. The highest BCUT2D eigenvalue weighted by Gasteiger charge is 2.07. The Bertz CT molecular complexity index is 861. The fourth-order valence-corrected chi connectivity index (χ4v) is 3.07. The van der Waals surface area contributed by atoms with Gasteiger partial charge in [-0.1, -0.05) is 12.2 Å². The molecule has 0 bridgehead atoms. The van der Waals surface area contributed by atoms with Crippen molar-refractivity contribution in [3.05, 3.63) is 47.1 Å². The largest absolute Gasteiger partial charge is 0.377 e. The molecule has 2 heterocycles. The topological polar surface area (TPSA) is 84.1 Å². The number of aromatic nitrogens is 1. The van der Waals surface area contributed by atoms with Gasteiger partial charge in [0.05, 0.1) is 17.3 Å². The van der Waals surface area contributed by atoms with Gasteiger partial charge in [0.25, 0.3) is 0 Å². The van der Waals surface area contributed by atoms with Crippen molar-refractivity contribution in [1.29, 1.82) is 10.7 Å². The number of allylic oxidation sites excluding steroid dienone is 3. The Hall–Kier alpha value is -2.98. The Morgan fingerprint density at radius 3 is 2.70 bits per heavy atom. The van der Waals surface area contributed by atoms with Crippen LogP contribution in [0.1, 0.15) is 29.4 Å². The van der Waals surface area contributed by atoms with E-state index < -0.39 is 0 Å². The molecule has 2 aromatic heterocycles. The SMILES string of the molecule is C/C=C(\C=C/CCC#N)N(C)C=N.CN(C)c1ccnc2sc(C=O)cc12. The van der Waals surface area contributed by atoms with Gasteiger partial charge in [0.2, 0.25) is 0 Å². The number of likely N-dealkylation sites (N-methyl/N-ethyl adjacent to an activating group) is 1. The van der Waals surface area contributed by atoms with Crippen molar-refractivity contribution >= 4 is 39.9 Å². The molecule has 0 aliphatic carbocycles. The van der Waals surface area contributed by atoms with Gasteiger partial charge in [-0.2, -0.15) is 5.26 Å². The summed E-state index contributed by atoms with van der Waals surface area (Å²) >= 11 is 1.42. The Morgan fingerprint density at radius 2 is 2.15 bits per heavy atom. The van der Waals surface area contributed by atoms with Crippen LogP contribution in [0.5, 0.6) is 0 Å². The molecule has 2 rings (SSSR count). The van der Waals surface area contributed by atoms with E-state index in [0.29, 0.717) is 6.42 Å². The number of carbonyl (C=O) groups is 1. The molecule has 0 atom stereocenters. The van der Waals surface area contributed by atoms with Crippen LogP contribution >= 0.6 is 11.3 Å². The number of thiophene rings is 1. The highest BCUT2D eigenvalue weighted by Crippen LogP contribution is 2.29. The molecule has 0 saturated heterocycles. The van der Waals surface area contributed by atoms with E-state index in [1.165, 1.54) is 17.7 Å². The minimum Gasteiger partial charge on any atom is -0.377 e. The summed E-state index contributed by atoms with van der Waals surface area (Å²) in [7, 11) is 5.77. The van der Waals surface area contributed by atoms with Gasteiger partial charge in [-0.3, -0.25) is 10.2 Å². The van der Waals surface area contributed by atoms with Gasteiger partial charge < -0.3 is 9.80 Å². The van der Waals surface area contributed by atoms with Gasteiger partial charge in [0.15, 0.2) is 6.29 Å². The summed E-state index contributed by atoms with van der Waals surface area (Å²) in [5.41, 5.74) is 2.06. The lowest BCUT2D eigenvalue weighted by Gasteiger charge is -2.12. The summed E-state index contributed by atoms with van der Waals surface area (Å²) in [6, 6.07) is 5.91. The maximum atomic E-state index is 10.6. The van der Waals surface area contributed by atoms with Crippen LogP contribution in [0.25, 0.3) is 10.2 Å². The van der Waals surface area contributed by atoms with E-state index in [9.17, 15) is 4.79 Å². The molecule has 0 aromatic carbocycles. The molecule has 6 nitrogen and oxygen atoms in total. The molecule has 0 saturated carbocycles. The van der Waals surface area contributed by atoms with Crippen LogP contribution in [0.15, 0.2) is 42.3 Å². The molecule has 0 fully saturated rings. The van der Waals surface area contributed by atoms with Crippen LogP contribution in [0.3, 0.4) is 0 Å². The fourth-order valence-electron chi connectivity index (χ4n) is 2.24. The lowest BCUT2D eigenvalue weighted by Crippen LogP contribution is -2.12. The predicted molar refractivity (Wildman–Crippen MR) is 114 cm³/mol. The van der Waals surface area contributed by atoms with Crippen LogP contribution in [0.4, 0.5) is 5.69 Å². The van der Waals surface area contributed by atoms with E-state index in [4.69, 9.17) is 10.7 Å². The second-order valence-electron chi connectivity index (χ2n) is 5.76. The van der Waals surface area contributed by atoms with Gasteiger partial charge in [0.1, 0.15) is 4.83 Å². The van der Waals surface area contributed by atoms with Gasteiger partial charge in [-0.05, 0) is 31.6 Å². The lowest BCUT2D eigenvalue weighted by atomic mass is 10.2. The zero-order chi connectivity index (χ0) is 20.2. The van der Waals surface area contributed by atoms with E-state index in [0.717, 1.165) is 39.2 Å². The van der Waals surface area contributed by atoms with Crippen molar-refractivity contribution in [2.24, 2.45) is 0 Å². The van der Waals surface area contributed by atoms with Crippen molar-refractivity contribution in [2.45, 2.75) is 19.8 Å². The molecule has 0 spiro atoms. The normalized spacial score (nSPS) is 10.9. The number of pyridine rings is 1. The quantitative estimate of drug-likeness (QED) is 0.251. The molecule has 7 heteroatoms. The van der Waals surface area contributed by atoms with Crippen LogP contribution in [-0.2, 0) is 0 Å². The minimum absolute atomic E-state index is 0.543. The molecule has 0 unspecified atom stereocenters. The number of aldehydes is 1. The fraction of sp³-hybridized carbons (Fsp3) is 0.300. The molecule has 0 radical (unpaired) electrons. The summed E-state index contributed by atoms with van der Waals surface area (Å²) in [6.45, 7) is 1.92. The number of hydrogen-bond donors (Lipinski definition) is 1. The molecule has 142 valence electrons. The van der Waals surface area contributed by atoms with Crippen LogP contribution in [-0.4, -0.2) is 43.7 Å².